The average Bonchev–Trinajstić information content (AvgIpc) is 3.01. The lowest BCUT2D eigenvalue weighted by Crippen LogP contribution is -2.17. The van der Waals surface area contributed by atoms with Crippen LogP contribution in [0.5, 0.6) is 0 Å². The number of rotatable bonds is 6. The van der Waals surface area contributed by atoms with Gasteiger partial charge in [0.15, 0.2) is 15.6 Å². The van der Waals surface area contributed by atoms with E-state index in [1.165, 1.54) is 6.26 Å². The fourth-order valence-corrected chi connectivity index (χ4v) is 4.32. The molecule has 0 spiro atoms. The van der Waals surface area contributed by atoms with E-state index in [-0.39, 0.29) is 5.75 Å². The van der Waals surface area contributed by atoms with E-state index in [9.17, 15) is 13.2 Å². The van der Waals surface area contributed by atoms with Gasteiger partial charge in [-0.15, -0.1) is 0 Å². The van der Waals surface area contributed by atoms with Crippen LogP contribution in [0.2, 0.25) is 10.0 Å². The molecule has 0 radical (unpaired) electrons. The Morgan fingerprint density at radius 3 is 2.48 bits per heavy atom. The first kappa shape index (κ1) is 23.1. The summed E-state index contributed by atoms with van der Waals surface area (Å²) in [6.45, 7) is 3.37. The fourth-order valence-electron chi connectivity index (χ4n) is 2.96. The van der Waals surface area contributed by atoms with Crippen LogP contribution in [0.1, 0.15) is 29.8 Å². The molecule has 1 heterocycles. The van der Waals surface area contributed by atoms with Crippen LogP contribution in [-0.4, -0.2) is 25.9 Å². The highest BCUT2D eigenvalue weighted by Gasteiger charge is 2.21. The number of ether oxygens (including phenoxy) is 1. The molecule has 1 unspecified atom stereocenters. The van der Waals surface area contributed by atoms with Gasteiger partial charge in [-0.05, 0) is 31.5 Å². The summed E-state index contributed by atoms with van der Waals surface area (Å²) in [5, 5.41) is 7.45. The first-order valence-corrected chi connectivity index (χ1v) is 12.0. The highest BCUT2D eigenvalue weighted by Crippen LogP contribution is 2.32. The van der Waals surface area contributed by atoms with E-state index in [0.717, 1.165) is 0 Å². The van der Waals surface area contributed by atoms with Crippen LogP contribution >= 0.6 is 23.2 Å². The summed E-state index contributed by atoms with van der Waals surface area (Å²) in [5.74, 6) is 0.267. The minimum absolute atomic E-state index is 0.0642. The lowest BCUT2D eigenvalue weighted by molar-refractivity contribution is 0.121. The van der Waals surface area contributed by atoms with Gasteiger partial charge in [0.2, 0.25) is 0 Å². The fraction of sp³-hybridized carbons (Fsp3) is 0.238. The summed E-state index contributed by atoms with van der Waals surface area (Å²) in [6.07, 6.45) is -0.157. The average molecular weight is 483 g/mol. The molecule has 1 aromatic heterocycles. The normalized spacial score (nSPS) is 12.4. The zero-order valence-corrected chi connectivity index (χ0v) is 19.3. The molecule has 164 valence electrons. The van der Waals surface area contributed by atoms with Crippen LogP contribution < -0.4 is 5.32 Å². The number of sulfone groups is 1. The van der Waals surface area contributed by atoms with Crippen LogP contribution in [0.15, 0.2) is 47.0 Å². The molecule has 0 aliphatic carbocycles. The summed E-state index contributed by atoms with van der Waals surface area (Å²) < 4.78 is 33.7. The molecule has 7 nitrogen and oxygen atoms in total. The number of halogens is 2. The van der Waals surface area contributed by atoms with E-state index < -0.39 is 22.0 Å². The predicted molar refractivity (Wildman–Crippen MR) is 120 cm³/mol. The molecule has 0 bridgehead atoms. The third-order valence-corrected chi connectivity index (χ3v) is 5.84. The molecule has 0 fully saturated rings. The van der Waals surface area contributed by atoms with Gasteiger partial charge in [-0.3, -0.25) is 5.32 Å². The zero-order valence-electron chi connectivity index (χ0n) is 17.0. The zero-order chi connectivity index (χ0) is 22.8. The van der Waals surface area contributed by atoms with Crippen LogP contribution in [0, 0.1) is 6.92 Å². The third kappa shape index (κ3) is 6.00. The summed E-state index contributed by atoms with van der Waals surface area (Å²) in [7, 11) is -3.14. The molecular weight excluding hydrogens is 463 g/mol. The second kappa shape index (κ2) is 9.30. The Kier molecular flexibility index (Phi) is 6.93. The van der Waals surface area contributed by atoms with Crippen molar-refractivity contribution in [2.45, 2.75) is 25.7 Å². The molecule has 0 saturated carbocycles. The Morgan fingerprint density at radius 2 is 1.87 bits per heavy atom. The topological polar surface area (TPSA) is 98.5 Å². The van der Waals surface area contributed by atoms with E-state index in [1.54, 1.807) is 56.3 Å². The van der Waals surface area contributed by atoms with Gasteiger partial charge < -0.3 is 9.26 Å². The minimum atomic E-state index is -3.14. The smallest absolute Gasteiger partial charge is 0.412 e. The predicted octanol–water partition coefficient (Wildman–Crippen LogP) is 5.81. The molecule has 1 N–H and O–H groups in total. The van der Waals surface area contributed by atoms with Gasteiger partial charge in [-0.2, -0.15) is 0 Å². The van der Waals surface area contributed by atoms with E-state index in [0.29, 0.717) is 43.9 Å². The molecule has 0 saturated heterocycles. The van der Waals surface area contributed by atoms with E-state index in [1.807, 2.05) is 0 Å². The Morgan fingerprint density at radius 1 is 1.19 bits per heavy atom. The van der Waals surface area contributed by atoms with Gasteiger partial charge >= 0.3 is 6.09 Å². The lowest BCUT2D eigenvalue weighted by atomic mass is 10.1. The monoisotopic (exact) mass is 482 g/mol. The maximum atomic E-state index is 12.5. The first-order valence-electron chi connectivity index (χ1n) is 9.19. The van der Waals surface area contributed by atoms with Crippen LogP contribution in [0.3, 0.4) is 0 Å². The minimum Gasteiger partial charge on any atom is -0.441 e. The standard InChI is InChI=1S/C21H20Cl2N2O5S/c1-12-19(24-21(26)29-13(2)17-9-8-16(22)10-18(17)23)20(30-25-12)15-6-4-14(5-7-15)11-31(3,27)28/h4-10,13H,11H2,1-3H3,(H,24,26). The number of hydrogen-bond acceptors (Lipinski definition) is 6. The summed E-state index contributed by atoms with van der Waals surface area (Å²) in [5.41, 5.74) is 2.71. The maximum absolute atomic E-state index is 12.5. The summed E-state index contributed by atoms with van der Waals surface area (Å²) in [6, 6.07) is 11.7. The van der Waals surface area contributed by atoms with Crippen molar-refractivity contribution in [2.75, 3.05) is 11.6 Å². The van der Waals surface area contributed by atoms with Gasteiger partial charge in [0.1, 0.15) is 17.5 Å². The quantitative estimate of drug-likeness (QED) is 0.475. The van der Waals surface area contributed by atoms with Crippen LogP contribution in [-0.2, 0) is 20.3 Å². The molecule has 3 aromatic rings. The van der Waals surface area contributed by atoms with Gasteiger partial charge in [-0.25, -0.2) is 13.2 Å². The third-order valence-electron chi connectivity index (χ3n) is 4.42. The Balaban J connectivity index is 1.75. The molecular formula is C21H20Cl2N2O5S. The number of nitrogens with zero attached hydrogens (tertiary/aromatic N) is 1. The van der Waals surface area contributed by atoms with Crippen molar-refractivity contribution in [1.29, 1.82) is 0 Å². The van der Waals surface area contributed by atoms with Crippen molar-refractivity contribution in [3.63, 3.8) is 0 Å². The van der Waals surface area contributed by atoms with Gasteiger partial charge in [0.25, 0.3) is 0 Å². The van der Waals surface area contributed by atoms with Gasteiger partial charge in [0.05, 0.1) is 5.75 Å². The van der Waals surface area contributed by atoms with Crippen molar-refractivity contribution in [1.82, 2.24) is 5.16 Å². The Bertz CT molecular complexity index is 1210. The molecule has 2 aromatic carbocycles. The molecule has 1 atom stereocenters. The van der Waals surface area contributed by atoms with Crippen LogP contribution in [0.4, 0.5) is 10.5 Å². The number of benzene rings is 2. The van der Waals surface area contributed by atoms with E-state index >= 15 is 0 Å². The molecule has 0 aliphatic heterocycles. The Hall–Kier alpha value is -2.55. The van der Waals surface area contributed by atoms with Crippen molar-refractivity contribution < 1.29 is 22.5 Å². The molecule has 31 heavy (non-hydrogen) atoms. The molecule has 0 aliphatic rings. The molecule has 10 heteroatoms. The van der Waals surface area contributed by atoms with Gasteiger partial charge in [-0.1, -0.05) is 58.7 Å². The lowest BCUT2D eigenvalue weighted by Gasteiger charge is -2.15. The first-order chi connectivity index (χ1) is 14.5. The van der Waals surface area contributed by atoms with Crippen molar-refractivity contribution in [3.8, 4) is 11.3 Å². The summed E-state index contributed by atoms with van der Waals surface area (Å²) in [4.78, 5) is 12.5. The number of hydrogen-bond donors (Lipinski definition) is 1. The van der Waals surface area contributed by atoms with Crippen molar-refractivity contribution >= 4 is 44.8 Å². The van der Waals surface area contributed by atoms with E-state index in [4.69, 9.17) is 32.5 Å². The number of aromatic nitrogens is 1. The highest BCUT2D eigenvalue weighted by molar-refractivity contribution is 7.89. The van der Waals surface area contributed by atoms with Gasteiger partial charge in [0, 0.05) is 27.4 Å². The number of aryl methyl sites for hydroxylation is 1. The summed E-state index contributed by atoms with van der Waals surface area (Å²) >= 11 is 12.1. The number of carbonyl (C=O) groups excluding carboxylic acids is 1. The second-order valence-electron chi connectivity index (χ2n) is 7.08. The molecule has 1 amide bonds. The number of nitrogens with one attached hydrogen (secondary N) is 1. The highest BCUT2D eigenvalue weighted by atomic mass is 35.5. The second-order valence-corrected chi connectivity index (χ2v) is 10.1. The number of carbonyl (C=O) groups is 1. The Labute approximate surface area is 190 Å². The SMILES string of the molecule is Cc1noc(-c2ccc(CS(C)(=O)=O)cc2)c1NC(=O)OC(C)c1ccc(Cl)cc1Cl. The van der Waals surface area contributed by atoms with Crippen molar-refractivity contribution in [2.24, 2.45) is 0 Å². The number of anilines is 1. The number of amides is 1. The molecule has 3 rings (SSSR count). The van der Waals surface area contributed by atoms with E-state index in [2.05, 4.69) is 10.5 Å². The van der Waals surface area contributed by atoms with Crippen molar-refractivity contribution in [3.05, 3.63) is 69.3 Å². The largest absolute Gasteiger partial charge is 0.441 e. The maximum Gasteiger partial charge on any atom is 0.412 e. The van der Waals surface area contributed by atoms with Crippen LogP contribution in [0.25, 0.3) is 11.3 Å².